The second kappa shape index (κ2) is 9.48. The Kier molecular flexibility index (Phi) is 6.03. The van der Waals surface area contributed by atoms with Crippen molar-refractivity contribution >= 4 is 11.3 Å². The molecular formula is C29H32N4O3. The van der Waals surface area contributed by atoms with Gasteiger partial charge in [-0.3, -0.25) is 4.90 Å². The Labute approximate surface area is 211 Å². The molecule has 7 nitrogen and oxygen atoms in total. The number of aromatic nitrogens is 2. The highest BCUT2D eigenvalue weighted by molar-refractivity contribution is 5.72. The minimum Gasteiger partial charge on any atom is -0.493 e. The molecule has 0 aliphatic carbocycles. The first-order chi connectivity index (χ1) is 17.6. The Morgan fingerprint density at radius 1 is 0.806 bits per heavy atom. The zero-order valence-electron chi connectivity index (χ0n) is 21.1. The number of imidazole rings is 1. The number of fused-ring (bicyclic) bond motifs is 1. The molecule has 6 rings (SSSR count). The molecule has 2 aliphatic heterocycles. The summed E-state index contributed by atoms with van der Waals surface area (Å²) in [6.45, 7) is 8.24. The number of hydrogen-bond acceptors (Lipinski definition) is 6. The Balaban J connectivity index is 1.22. The SMILES string of the molecule is COc1ccc(-c2cn3cc(-c4ccc(N5CCN(C6COC6)CC5)cc4)cc(C)c3n2)cc1OC. The van der Waals surface area contributed by atoms with Crippen LogP contribution < -0.4 is 14.4 Å². The summed E-state index contributed by atoms with van der Waals surface area (Å²) in [6.07, 6.45) is 4.24. The fourth-order valence-corrected chi connectivity index (χ4v) is 5.21. The highest BCUT2D eigenvalue weighted by Crippen LogP contribution is 2.33. The van der Waals surface area contributed by atoms with Crippen LogP contribution in [0.2, 0.25) is 0 Å². The summed E-state index contributed by atoms with van der Waals surface area (Å²) in [6, 6.07) is 17.7. The molecule has 7 heteroatoms. The third-order valence-corrected chi connectivity index (χ3v) is 7.43. The van der Waals surface area contributed by atoms with Gasteiger partial charge in [0, 0.05) is 49.8 Å². The van der Waals surface area contributed by atoms with Gasteiger partial charge < -0.3 is 23.5 Å². The van der Waals surface area contributed by atoms with E-state index in [2.05, 4.69) is 63.8 Å². The molecule has 0 unspecified atom stereocenters. The number of piperazine rings is 1. The van der Waals surface area contributed by atoms with Gasteiger partial charge in [-0.25, -0.2) is 4.98 Å². The molecule has 0 spiro atoms. The van der Waals surface area contributed by atoms with Crippen molar-refractivity contribution in [1.82, 2.24) is 14.3 Å². The van der Waals surface area contributed by atoms with E-state index in [9.17, 15) is 0 Å². The summed E-state index contributed by atoms with van der Waals surface area (Å²) in [7, 11) is 3.30. The molecule has 4 heterocycles. The molecule has 0 N–H and O–H groups in total. The lowest BCUT2D eigenvalue weighted by Crippen LogP contribution is -2.56. The molecule has 0 amide bonds. The quantitative estimate of drug-likeness (QED) is 0.401. The van der Waals surface area contributed by atoms with Gasteiger partial charge >= 0.3 is 0 Å². The number of rotatable bonds is 6. The van der Waals surface area contributed by atoms with Crippen molar-refractivity contribution in [3.8, 4) is 33.9 Å². The van der Waals surface area contributed by atoms with Gasteiger partial charge in [-0.15, -0.1) is 0 Å². The van der Waals surface area contributed by atoms with Crippen LogP contribution in [0.3, 0.4) is 0 Å². The van der Waals surface area contributed by atoms with Crippen LogP contribution in [0.25, 0.3) is 28.0 Å². The first-order valence-electron chi connectivity index (χ1n) is 12.5. The number of anilines is 1. The maximum Gasteiger partial charge on any atom is 0.161 e. The van der Waals surface area contributed by atoms with Crippen molar-refractivity contribution in [2.45, 2.75) is 13.0 Å². The number of hydrogen-bond donors (Lipinski definition) is 0. The van der Waals surface area contributed by atoms with E-state index in [1.807, 2.05) is 18.2 Å². The zero-order valence-corrected chi connectivity index (χ0v) is 21.1. The van der Waals surface area contributed by atoms with E-state index in [1.54, 1.807) is 14.2 Å². The number of nitrogens with zero attached hydrogens (tertiary/aromatic N) is 4. The first kappa shape index (κ1) is 22.9. The van der Waals surface area contributed by atoms with Gasteiger partial charge in [0.2, 0.25) is 0 Å². The topological polar surface area (TPSA) is 51.5 Å². The Bertz CT molecular complexity index is 1370. The summed E-state index contributed by atoms with van der Waals surface area (Å²) in [4.78, 5) is 9.95. The van der Waals surface area contributed by atoms with E-state index in [-0.39, 0.29) is 0 Å². The predicted molar refractivity (Wildman–Crippen MR) is 142 cm³/mol. The van der Waals surface area contributed by atoms with E-state index in [4.69, 9.17) is 19.2 Å². The van der Waals surface area contributed by atoms with Crippen molar-refractivity contribution in [3.63, 3.8) is 0 Å². The molecule has 186 valence electrons. The first-order valence-corrected chi connectivity index (χ1v) is 12.5. The number of ether oxygens (including phenoxy) is 3. The minimum absolute atomic E-state index is 0.628. The third-order valence-electron chi connectivity index (χ3n) is 7.43. The van der Waals surface area contributed by atoms with E-state index in [0.29, 0.717) is 17.5 Å². The molecule has 0 radical (unpaired) electrons. The average molecular weight is 485 g/mol. The molecule has 2 aromatic carbocycles. The van der Waals surface area contributed by atoms with Crippen molar-refractivity contribution in [1.29, 1.82) is 0 Å². The molecule has 2 fully saturated rings. The van der Waals surface area contributed by atoms with Crippen LogP contribution in [-0.4, -0.2) is 73.9 Å². The van der Waals surface area contributed by atoms with Gasteiger partial charge in [-0.05, 0) is 60.0 Å². The molecule has 2 saturated heterocycles. The maximum absolute atomic E-state index is 5.48. The van der Waals surface area contributed by atoms with Crippen molar-refractivity contribution in [3.05, 3.63) is 66.5 Å². The molecule has 36 heavy (non-hydrogen) atoms. The minimum atomic E-state index is 0.628. The summed E-state index contributed by atoms with van der Waals surface area (Å²) in [5.74, 6) is 1.41. The van der Waals surface area contributed by atoms with Crippen molar-refractivity contribution < 1.29 is 14.2 Å². The molecule has 4 aromatic rings. The van der Waals surface area contributed by atoms with Gasteiger partial charge in [-0.1, -0.05) is 12.1 Å². The van der Waals surface area contributed by atoms with E-state index in [1.165, 1.54) is 16.8 Å². The number of benzene rings is 2. The Morgan fingerprint density at radius 2 is 1.53 bits per heavy atom. The summed E-state index contributed by atoms with van der Waals surface area (Å²) >= 11 is 0. The molecule has 0 saturated carbocycles. The predicted octanol–water partition coefficient (Wildman–Crippen LogP) is 4.51. The van der Waals surface area contributed by atoms with Gasteiger partial charge in [0.15, 0.2) is 11.5 Å². The lowest BCUT2D eigenvalue weighted by Gasteiger charge is -2.43. The zero-order chi connectivity index (χ0) is 24.6. The fraction of sp³-hybridized carbons (Fsp3) is 0.345. The molecule has 2 aliphatic rings. The molecule has 0 bridgehead atoms. The van der Waals surface area contributed by atoms with Crippen LogP contribution in [0.5, 0.6) is 11.5 Å². The Hall–Kier alpha value is -3.55. The second-order valence-corrected chi connectivity index (χ2v) is 9.60. The van der Waals surface area contributed by atoms with Crippen LogP contribution in [-0.2, 0) is 4.74 Å². The fourth-order valence-electron chi connectivity index (χ4n) is 5.21. The smallest absolute Gasteiger partial charge is 0.161 e. The maximum atomic E-state index is 5.48. The normalized spacial score (nSPS) is 16.8. The highest BCUT2D eigenvalue weighted by atomic mass is 16.5. The van der Waals surface area contributed by atoms with Crippen LogP contribution in [0.4, 0.5) is 5.69 Å². The third kappa shape index (κ3) is 4.18. The van der Waals surface area contributed by atoms with Gasteiger partial charge in [0.25, 0.3) is 0 Å². The number of pyridine rings is 1. The number of aryl methyl sites for hydroxylation is 1. The molecule has 0 atom stereocenters. The van der Waals surface area contributed by atoms with Crippen LogP contribution in [0.15, 0.2) is 60.9 Å². The molecular weight excluding hydrogens is 452 g/mol. The average Bonchev–Trinajstić information content (AvgIpc) is 3.33. The lowest BCUT2D eigenvalue weighted by molar-refractivity contribution is -0.0660. The van der Waals surface area contributed by atoms with Crippen LogP contribution >= 0.6 is 0 Å². The van der Waals surface area contributed by atoms with Gasteiger partial charge in [0.05, 0.1) is 39.2 Å². The van der Waals surface area contributed by atoms with Crippen LogP contribution in [0.1, 0.15) is 5.56 Å². The van der Waals surface area contributed by atoms with E-state index in [0.717, 1.165) is 61.9 Å². The van der Waals surface area contributed by atoms with Gasteiger partial charge in [0.1, 0.15) is 5.65 Å². The standard InChI is InChI=1S/C29H32N4O3/c1-20-14-23(16-33-17-26(30-29(20)33)22-6-9-27(34-2)28(15-22)35-3)21-4-7-24(8-5-21)31-10-12-32(13-11-31)25-18-36-19-25/h4-9,14-17,25H,10-13,18-19H2,1-3H3. The highest BCUT2D eigenvalue weighted by Gasteiger charge is 2.28. The second-order valence-electron chi connectivity index (χ2n) is 9.60. The van der Waals surface area contributed by atoms with Gasteiger partial charge in [-0.2, -0.15) is 0 Å². The summed E-state index contributed by atoms with van der Waals surface area (Å²) in [5.41, 5.74) is 7.66. The molecule has 2 aromatic heterocycles. The summed E-state index contributed by atoms with van der Waals surface area (Å²) < 4.78 is 18.3. The number of methoxy groups -OCH3 is 2. The van der Waals surface area contributed by atoms with Crippen LogP contribution in [0, 0.1) is 6.92 Å². The van der Waals surface area contributed by atoms with Crippen molar-refractivity contribution in [2.24, 2.45) is 0 Å². The lowest BCUT2D eigenvalue weighted by atomic mass is 10.0. The largest absolute Gasteiger partial charge is 0.493 e. The monoisotopic (exact) mass is 484 g/mol. The van der Waals surface area contributed by atoms with E-state index < -0.39 is 0 Å². The summed E-state index contributed by atoms with van der Waals surface area (Å²) in [5, 5.41) is 0. The van der Waals surface area contributed by atoms with E-state index >= 15 is 0 Å². The Morgan fingerprint density at radius 3 is 2.19 bits per heavy atom. The van der Waals surface area contributed by atoms with Crippen molar-refractivity contribution in [2.75, 3.05) is 58.5 Å².